The first-order valence-corrected chi connectivity index (χ1v) is 5.81. The number of nitrogens with two attached hydrogens (primary N) is 1. The Morgan fingerprint density at radius 2 is 2.19 bits per heavy atom. The molecule has 1 aliphatic carbocycles. The maximum Gasteiger partial charge on any atom is 0.0351 e. The van der Waals surface area contributed by atoms with Gasteiger partial charge in [0.1, 0.15) is 0 Å². The van der Waals surface area contributed by atoms with E-state index in [1.807, 2.05) is 0 Å². The summed E-state index contributed by atoms with van der Waals surface area (Å²) < 4.78 is 0. The lowest BCUT2D eigenvalue weighted by Crippen LogP contribution is -2.42. The van der Waals surface area contributed by atoms with E-state index in [4.69, 9.17) is 12.3 Å². The number of hydrazine groups is 1. The SMILES string of the molecule is C#CCC(NN)C1CCc2ccccc2C1. The van der Waals surface area contributed by atoms with Crippen molar-refractivity contribution in [1.82, 2.24) is 5.43 Å². The monoisotopic (exact) mass is 214 g/mol. The molecule has 1 aromatic carbocycles. The van der Waals surface area contributed by atoms with Gasteiger partial charge in [-0.1, -0.05) is 24.3 Å². The fourth-order valence-corrected chi connectivity index (χ4v) is 2.56. The van der Waals surface area contributed by atoms with Gasteiger partial charge >= 0.3 is 0 Å². The number of hydrogen-bond acceptors (Lipinski definition) is 2. The third-order valence-electron chi connectivity index (χ3n) is 3.51. The molecule has 0 spiro atoms. The molecule has 0 saturated carbocycles. The van der Waals surface area contributed by atoms with Crippen LogP contribution in [0.4, 0.5) is 0 Å². The van der Waals surface area contributed by atoms with Crippen LogP contribution in [0.25, 0.3) is 0 Å². The highest BCUT2D eigenvalue weighted by Gasteiger charge is 2.24. The van der Waals surface area contributed by atoms with E-state index in [-0.39, 0.29) is 6.04 Å². The van der Waals surface area contributed by atoms with Crippen molar-refractivity contribution >= 4 is 0 Å². The fourth-order valence-electron chi connectivity index (χ4n) is 2.56. The highest BCUT2D eigenvalue weighted by atomic mass is 15.2. The van der Waals surface area contributed by atoms with Gasteiger partial charge in [0.2, 0.25) is 0 Å². The lowest BCUT2D eigenvalue weighted by molar-refractivity contribution is 0.327. The first-order chi connectivity index (χ1) is 7.85. The molecule has 2 unspecified atom stereocenters. The van der Waals surface area contributed by atoms with Crippen molar-refractivity contribution in [3.63, 3.8) is 0 Å². The fraction of sp³-hybridized carbons (Fsp3) is 0.429. The molecule has 1 aliphatic rings. The van der Waals surface area contributed by atoms with E-state index < -0.39 is 0 Å². The van der Waals surface area contributed by atoms with Gasteiger partial charge in [0.05, 0.1) is 0 Å². The minimum absolute atomic E-state index is 0.248. The summed E-state index contributed by atoms with van der Waals surface area (Å²) in [7, 11) is 0. The second kappa shape index (κ2) is 5.16. The molecular formula is C14H18N2. The number of fused-ring (bicyclic) bond motifs is 1. The van der Waals surface area contributed by atoms with Crippen molar-refractivity contribution in [2.75, 3.05) is 0 Å². The zero-order valence-corrected chi connectivity index (χ0v) is 9.45. The minimum Gasteiger partial charge on any atom is -0.271 e. The summed E-state index contributed by atoms with van der Waals surface area (Å²) in [6.45, 7) is 0. The van der Waals surface area contributed by atoms with Crippen LogP contribution in [0.1, 0.15) is 24.0 Å². The average Bonchev–Trinajstić information content (AvgIpc) is 2.35. The van der Waals surface area contributed by atoms with Crippen LogP contribution in [0.5, 0.6) is 0 Å². The molecule has 0 bridgehead atoms. The standard InChI is InChI=1S/C14H18N2/c1-2-5-14(16-15)13-9-8-11-6-3-4-7-12(11)10-13/h1,3-4,6-7,13-14,16H,5,8-10,15H2. The maximum absolute atomic E-state index is 5.56. The van der Waals surface area contributed by atoms with Gasteiger partial charge in [-0.05, 0) is 36.3 Å². The first kappa shape index (κ1) is 11.2. The highest BCUT2D eigenvalue weighted by Crippen LogP contribution is 2.28. The summed E-state index contributed by atoms with van der Waals surface area (Å²) in [6, 6.07) is 8.90. The Hall–Kier alpha value is -1.30. The van der Waals surface area contributed by atoms with Gasteiger partial charge in [0.25, 0.3) is 0 Å². The van der Waals surface area contributed by atoms with Gasteiger partial charge in [0, 0.05) is 12.5 Å². The van der Waals surface area contributed by atoms with Crippen LogP contribution in [0.3, 0.4) is 0 Å². The van der Waals surface area contributed by atoms with E-state index in [9.17, 15) is 0 Å². The third-order valence-corrected chi connectivity index (χ3v) is 3.51. The van der Waals surface area contributed by atoms with Crippen LogP contribution in [0, 0.1) is 18.3 Å². The quantitative estimate of drug-likeness (QED) is 0.456. The number of terminal acetylenes is 1. The number of hydrogen-bond donors (Lipinski definition) is 2. The molecule has 84 valence electrons. The molecule has 1 aromatic rings. The van der Waals surface area contributed by atoms with Crippen molar-refractivity contribution in [1.29, 1.82) is 0 Å². The van der Waals surface area contributed by atoms with E-state index in [2.05, 4.69) is 35.6 Å². The molecular weight excluding hydrogens is 196 g/mol. The van der Waals surface area contributed by atoms with Crippen molar-refractivity contribution in [3.8, 4) is 12.3 Å². The minimum atomic E-state index is 0.248. The molecule has 2 nitrogen and oxygen atoms in total. The van der Waals surface area contributed by atoms with Gasteiger partial charge in [-0.3, -0.25) is 11.3 Å². The van der Waals surface area contributed by atoms with E-state index in [1.54, 1.807) is 0 Å². The normalized spacial score (nSPS) is 20.9. The van der Waals surface area contributed by atoms with Crippen LogP contribution in [0.15, 0.2) is 24.3 Å². The van der Waals surface area contributed by atoms with E-state index in [1.165, 1.54) is 17.5 Å². The summed E-state index contributed by atoms with van der Waals surface area (Å²) in [5.74, 6) is 8.83. The molecule has 0 aliphatic heterocycles. The highest BCUT2D eigenvalue weighted by molar-refractivity contribution is 5.30. The van der Waals surface area contributed by atoms with Crippen molar-refractivity contribution in [3.05, 3.63) is 35.4 Å². The van der Waals surface area contributed by atoms with Gasteiger partial charge in [-0.2, -0.15) is 0 Å². The Labute approximate surface area is 97.2 Å². The molecule has 2 atom stereocenters. The second-order valence-electron chi connectivity index (χ2n) is 4.45. The Balaban J connectivity index is 2.10. The largest absolute Gasteiger partial charge is 0.271 e. The molecule has 0 fully saturated rings. The Kier molecular flexibility index (Phi) is 3.61. The molecule has 16 heavy (non-hydrogen) atoms. The number of rotatable bonds is 3. The van der Waals surface area contributed by atoms with Crippen LogP contribution in [0.2, 0.25) is 0 Å². The number of nitrogens with one attached hydrogen (secondary N) is 1. The molecule has 0 saturated heterocycles. The van der Waals surface area contributed by atoms with Gasteiger partial charge in [-0.15, -0.1) is 12.3 Å². The van der Waals surface area contributed by atoms with E-state index >= 15 is 0 Å². The number of aryl methyl sites for hydroxylation is 1. The Morgan fingerprint density at radius 3 is 2.88 bits per heavy atom. The predicted octanol–water partition coefficient (Wildman–Crippen LogP) is 1.65. The Bertz CT molecular complexity index is 392. The lowest BCUT2D eigenvalue weighted by Gasteiger charge is -2.30. The van der Waals surface area contributed by atoms with Crippen LogP contribution < -0.4 is 11.3 Å². The molecule has 2 heteroatoms. The van der Waals surface area contributed by atoms with Crippen LogP contribution in [-0.4, -0.2) is 6.04 Å². The summed E-state index contributed by atoms with van der Waals surface area (Å²) in [6.07, 6.45) is 9.48. The topological polar surface area (TPSA) is 38.0 Å². The van der Waals surface area contributed by atoms with Crippen LogP contribution >= 0.6 is 0 Å². The van der Waals surface area contributed by atoms with Gasteiger partial charge in [-0.25, -0.2) is 0 Å². The molecule has 0 amide bonds. The lowest BCUT2D eigenvalue weighted by atomic mass is 9.79. The maximum atomic E-state index is 5.56. The summed E-state index contributed by atoms with van der Waals surface area (Å²) >= 11 is 0. The molecule has 2 rings (SSSR count). The first-order valence-electron chi connectivity index (χ1n) is 5.81. The van der Waals surface area contributed by atoms with Crippen molar-refractivity contribution in [2.45, 2.75) is 31.7 Å². The zero-order valence-electron chi connectivity index (χ0n) is 9.45. The molecule has 0 heterocycles. The third kappa shape index (κ3) is 2.27. The smallest absolute Gasteiger partial charge is 0.0351 e. The van der Waals surface area contributed by atoms with Gasteiger partial charge < -0.3 is 0 Å². The predicted molar refractivity (Wildman–Crippen MR) is 66.5 cm³/mol. The zero-order chi connectivity index (χ0) is 11.4. The van der Waals surface area contributed by atoms with Crippen molar-refractivity contribution < 1.29 is 0 Å². The number of benzene rings is 1. The van der Waals surface area contributed by atoms with Gasteiger partial charge in [0.15, 0.2) is 0 Å². The summed E-state index contributed by atoms with van der Waals surface area (Å²) in [5.41, 5.74) is 5.80. The summed E-state index contributed by atoms with van der Waals surface area (Å²) in [4.78, 5) is 0. The van der Waals surface area contributed by atoms with E-state index in [0.717, 1.165) is 12.8 Å². The molecule has 3 N–H and O–H groups in total. The van der Waals surface area contributed by atoms with E-state index in [0.29, 0.717) is 12.3 Å². The molecule has 0 radical (unpaired) electrons. The molecule has 0 aromatic heterocycles. The summed E-state index contributed by atoms with van der Waals surface area (Å²) in [5, 5.41) is 0. The van der Waals surface area contributed by atoms with Crippen molar-refractivity contribution in [2.24, 2.45) is 11.8 Å². The van der Waals surface area contributed by atoms with Crippen LogP contribution in [-0.2, 0) is 12.8 Å². The second-order valence-corrected chi connectivity index (χ2v) is 4.45. The average molecular weight is 214 g/mol. The Morgan fingerprint density at radius 1 is 1.44 bits per heavy atom.